The van der Waals surface area contributed by atoms with Gasteiger partial charge in [0.15, 0.2) is 5.11 Å². The third-order valence-corrected chi connectivity index (χ3v) is 7.00. The van der Waals surface area contributed by atoms with E-state index in [2.05, 4.69) is 25.0 Å². The summed E-state index contributed by atoms with van der Waals surface area (Å²) in [5.74, 6) is 0.718. The zero-order valence-corrected chi connectivity index (χ0v) is 21.4. The second kappa shape index (κ2) is 13.2. The fourth-order valence-electron chi connectivity index (χ4n) is 4.45. The smallest absolute Gasteiger partial charge is 0.253 e. The lowest BCUT2D eigenvalue weighted by atomic mass is 10.1. The van der Waals surface area contributed by atoms with Crippen LogP contribution < -0.4 is 15.6 Å². The number of aromatic nitrogens is 1. The van der Waals surface area contributed by atoms with Gasteiger partial charge in [-0.3, -0.25) is 14.6 Å². The summed E-state index contributed by atoms with van der Waals surface area (Å²) in [6.45, 7) is 10.9. The molecule has 0 spiro atoms. The first-order chi connectivity index (χ1) is 17.1. The number of hydrogen-bond acceptors (Lipinski definition) is 7. The summed E-state index contributed by atoms with van der Waals surface area (Å²) in [5.41, 5.74) is 1.36. The normalized spacial score (nSPS) is 17.4. The van der Waals surface area contributed by atoms with Crippen LogP contribution in [0, 0.1) is 0 Å². The number of aromatic amines is 1. The molecule has 2 aliphatic heterocycles. The molecule has 0 amide bonds. The number of nitrogens with one attached hydrogen (secondary N) is 2. The summed E-state index contributed by atoms with van der Waals surface area (Å²) in [6.07, 6.45) is 1.01. The first-order valence-electron chi connectivity index (χ1n) is 12.5. The predicted octanol–water partition coefficient (Wildman–Crippen LogP) is 1.27. The highest BCUT2D eigenvalue weighted by Gasteiger charge is 2.17. The molecule has 192 valence electrons. The van der Waals surface area contributed by atoms with Crippen molar-refractivity contribution < 1.29 is 14.2 Å². The van der Waals surface area contributed by atoms with Crippen LogP contribution in [0.25, 0.3) is 10.9 Å². The highest BCUT2D eigenvalue weighted by atomic mass is 32.1. The van der Waals surface area contributed by atoms with Gasteiger partial charge in [-0.25, -0.2) is 0 Å². The second-order valence-electron chi connectivity index (χ2n) is 8.99. The monoisotopic (exact) mass is 503 g/mol. The maximum Gasteiger partial charge on any atom is 0.253 e. The molecule has 2 fully saturated rings. The average Bonchev–Trinajstić information content (AvgIpc) is 2.90. The topological polar surface area (TPSA) is 82.3 Å². The van der Waals surface area contributed by atoms with Crippen LogP contribution >= 0.6 is 12.2 Å². The van der Waals surface area contributed by atoms with Gasteiger partial charge in [-0.15, -0.1) is 0 Å². The Bertz CT molecular complexity index is 1020. The van der Waals surface area contributed by atoms with E-state index in [-0.39, 0.29) is 5.56 Å². The van der Waals surface area contributed by atoms with Crippen LogP contribution in [0.1, 0.15) is 12.0 Å². The molecule has 0 unspecified atom stereocenters. The minimum atomic E-state index is -0.0998. The largest absolute Gasteiger partial charge is 0.497 e. The minimum Gasteiger partial charge on any atom is -0.497 e. The van der Waals surface area contributed by atoms with Crippen molar-refractivity contribution in [3.05, 3.63) is 40.2 Å². The molecule has 10 heteroatoms. The van der Waals surface area contributed by atoms with Crippen LogP contribution in [0.5, 0.6) is 5.75 Å². The lowest BCUT2D eigenvalue weighted by molar-refractivity contribution is 0.0356. The third kappa shape index (κ3) is 7.62. The average molecular weight is 504 g/mol. The molecule has 4 rings (SSSR count). The molecule has 1 aromatic carbocycles. The van der Waals surface area contributed by atoms with Gasteiger partial charge in [0.2, 0.25) is 0 Å². The Balaban J connectivity index is 1.39. The maximum atomic E-state index is 12.9. The molecule has 2 N–H and O–H groups in total. The predicted molar refractivity (Wildman–Crippen MR) is 141 cm³/mol. The Morgan fingerprint density at radius 3 is 2.46 bits per heavy atom. The fourth-order valence-corrected chi connectivity index (χ4v) is 4.71. The van der Waals surface area contributed by atoms with Crippen LogP contribution in [-0.2, 0) is 16.0 Å². The highest BCUT2D eigenvalue weighted by Crippen LogP contribution is 2.19. The van der Waals surface area contributed by atoms with Gasteiger partial charge >= 0.3 is 0 Å². The van der Waals surface area contributed by atoms with Gasteiger partial charge in [-0.1, -0.05) is 0 Å². The fraction of sp³-hybridized carbons (Fsp3) is 0.600. The molecule has 0 bridgehead atoms. The Labute approximate surface area is 212 Å². The summed E-state index contributed by atoms with van der Waals surface area (Å²) in [6, 6.07) is 7.67. The van der Waals surface area contributed by atoms with E-state index in [9.17, 15) is 4.79 Å². The standard InChI is InChI=1S/C25H37N5O4S/c1-32-22-4-3-20-17-21(24(31)27-23(20)18-22)19-30(8-7-29-11-15-34-16-12-29)25(35)26-5-2-6-28-9-13-33-14-10-28/h3-4,17-18H,2,5-16,19H2,1H3,(H,26,35)(H,27,31). The number of hydrogen-bond donors (Lipinski definition) is 2. The van der Waals surface area contributed by atoms with E-state index in [1.165, 1.54) is 0 Å². The quantitative estimate of drug-likeness (QED) is 0.368. The molecular weight excluding hydrogens is 466 g/mol. The van der Waals surface area contributed by atoms with Crippen molar-refractivity contribution in [2.75, 3.05) is 85.9 Å². The van der Waals surface area contributed by atoms with Gasteiger partial charge < -0.3 is 29.4 Å². The molecule has 35 heavy (non-hydrogen) atoms. The molecule has 2 saturated heterocycles. The van der Waals surface area contributed by atoms with E-state index < -0.39 is 0 Å². The van der Waals surface area contributed by atoms with Gasteiger partial charge in [0.05, 0.1) is 45.6 Å². The van der Waals surface area contributed by atoms with E-state index in [0.717, 1.165) is 102 Å². The van der Waals surface area contributed by atoms with Gasteiger partial charge in [-0.05, 0) is 48.8 Å². The number of fused-ring (bicyclic) bond motifs is 1. The second-order valence-corrected chi connectivity index (χ2v) is 9.38. The number of methoxy groups -OCH3 is 1. The molecule has 2 aliphatic rings. The van der Waals surface area contributed by atoms with Gasteiger partial charge in [0.1, 0.15) is 5.75 Å². The Morgan fingerprint density at radius 1 is 1.09 bits per heavy atom. The van der Waals surface area contributed by atoms with Crippen molar-refractivity contribution in [1.29, 1.82) is 0 Å². The maximum absolute atomic E-state index is 12.9. The number of benzene rings is 1. The van der Waals surface area contributed by atoms with E-state index in [1.807, 2.05) is 24.3 Å². The number of H-pyrrole nitrogens is 1. The van der Waals surface area contributed by atoms with Crippen LogP contribution in [0.15, 0.2) is 29.1 Å². The molecule has 0 saturated carbocycles. The molecule has 9 nitrogen and oxygen atoms in total. The summed E-state index contributed by atoms with van der Waals surface area (Å²) in [4.78, 5) is 22.8. The SMILES string of the molecule is COc1ccc2cc(CN(CCN3CCOCC3)C(=S)NCCCN3CCOCC3)c(=O)[nH]c2c1. The van der Waals surface area contributed by atoms with Crippen LogP contribution in [0.3, 0.4) is 0 Å². The first kappa shape index (κ1) is 25.8. The zero-order valence-electron chi connectivity index (χ0n) is 20.6. The molecule has 0 aliphatic carbocycles. The number of pyridine rings is 1. The summed E-state index contributed by atoms with van der Waals surface area (Å²) in [5, 5.41) is 5.09. The summed E-state index contributed by atoms with van der Waals surface area (Å²) < 4.78 is 16.2. The van der Waals surface area contributed by atoms with Crippen molar-refractivity contribution >= 4 is 28.2 Å². The van der Waals surface area contributed by atoms with E-state index >= 15 is 0 Å². The molecule has 3 heterocycles. The molecule has 0 atom stereocenters. The first-order valence-corrected chi connectivity index (χ1v) is 12.9. The molecular formula is C25H37N5O4S. The summed E-state index contributed by atoms with van der Waals surface area (Å²) >= 11 is 5.79. The van der Waals surface area contributed by atoms with Crippen molar-refractivity contribution in [2.45, 2.75) is 13.0 Å². The Morgan fingerprint density at radius 2 is 1.77 bits per heavy atom. The van der Waals surface area contributed by atoms with Crippen LogP contribution in [-0.4, -0.2) is 111 Å². The highest BCUT2D eigenvalue weighted by molar-refractivity contribution is 7.80. The van der Waals surface area contributed by atoms with Crippen LogP contribution in [0.4, 0.5) is 0 Å². The third-order valence-electron chi connectivity index (χ3n) is 6.60. The van der Waals surface area contributed by atoms with Gasteiger partial charge in [0.25, 0.3) is 5.56 Å². The minimum absolute atomic E-state index is 0.0998. The number of morpholine rings is 2. The van der Waals surface area contributed by atoms with Gasteiger partial charge in [0, 0.05) is 57.4 Å². The molecule has 2 aromatic rings. The van der Waals surface area contributed by atoms with E-state index in [4.69, 9.17) is 26.4 Å². The van der Waals surface area contributed by atoms with Crippen molar-refractivity contribution in [3.8, 4) is 5.75 Å². The van der Waals surface area contributed by atoms with Crippen molar-refractivity contribution in [3.63, 3.8) is 0 Å². The number of nitrogens with zero attached hydrogens (tertiary/aromatic N) is 3. The van der Waals surface area contributed by atoms with E-state index in [0.29, 0.717) is 17.2 Å². The number of ether oxygens (including phenoxy) is 3. The lowest BCUT2D eigenvalue weighted by Crippen LogP contribution is -2.46. The number of rotatable bonds is 10. The Kier molecular flexibility index (Phi) is 9.73. The Hall–Kier alpha value is -2.24. The summed E-state index contributed by atoms with van der Waals surface area (Å²) in [7, 11) is 1.62. The molecule has 1 aromatic heterocycles. The van der Waals surface area contributed by atoms with Crippen molar-refractivity contribution in [2.24, 2.45) is 0 Å². The van der Waals surface area contributed by atoms with E-state index in [1.54, 1.807) is 7.11 Å². The van der Waals surface area contributed by atoms with Crippen molar-refractivity contribution in [1.82, 2.24) is 25.0 Å². The van der Waals surface area contributed by atoms with Gasteiger partial charge in [-0.2, -0.15) is 0 Å². The van der Waals surface area contributed by atoms with Crippen LogP contribution in [0.2, 0.25) is 0 Å². The molecule has 0 radical (unpaired) electrons. The lowest BCUT2D eigenvalue weighted by Gasteiger charge is -2.31. The number of thiocarbonyl (C=S) groups is 1. The zero-order chi connectivity index (χ0) is 24.5.